The smallest absolute Gasteiger partial charge is 0.0356 e. The van der Waals surface area contributed by atoms with Gasteiger partial charge in [0.05, 0.1) is 0 Å². The topological polar surface area (TPSA) is 3.24 Å². The van der Waals surface area contributed by atoms with Crippen LogP contribution in [0.5, 0.6) is 0 Å². The van der Waals surface area contributed by atoms with Gasteiger partial charge in [-0.3, -0.25) is 4.90 Å². The summed E-state index contributed by atoms with van der Waals surface area (Å²) in [7, 11) is 0. The van der Waals surface area contributed by atoms with Crippen molar-refractivity contribution >= 4 is 44.2 Å². The van der Waals surface area contributed by atoms with Crippen LogP contribution in [0.3, 0.4) is 0 Å². The van der Waals surface area contributed by atoms with E-state index < -0.39 is 0 Å². The van der Waals surface area contributed by atoms with E-state index in [1.165, 1.54) is 54.1 Å². The van der Waals surface area contributed by atoms with E-state index in [2.05, 4.69) is 55.9 Å². The van der Waals surface area contributed by atoms with Gasteiger partial charge >= 0.3 is 0 Å². The number of hydrogen-bond donors (Lipinski definition) is 0. The highest BCUT2D eigenvalue weighted by atomic mass is 79.9. The maximum Gasteiger partial charge on any atom is 0.0356 e. The molecular formula is C19H24BrNS2. The summed E-state index contributed by atoms with van der Waals surface area (Å²) < 4.78 is 0. The van der Waals surface area contributed by atoms with E-state index in [1.54, 1.807) is 5.57 Å². The van der Waals surface area contributed by atoms with Crippen molar-refractivity contribution in [2.75, 3.05) is 18.4 Å². The van der Waals surface area contributed by atoms with Gasteiger partial charge in [-0.25, -0.2) is 0 Å². The largest absolute Gasteiger partial charge is 0.296 e. The Morgan fingerprint density at radius 1 is 1.17 bits per heavy atom. The number of nitrogens with zero attached hydrogens (tertiary/aromatic N) is 1. The molecule has 1 atom stereocenters. The van der Waals surface area contributed by atoms with E-state index >= 15 is 0 Å². The lowest BCUT2D eigenvalue weighted by atomic mass is 9.98. The third-order valence-corrected chi connectivity index (χ3v) is 6.29. The SMILES string of the molecule is CCBr.c1csc(C(=C2CC3CCCCN3C2)c2cccs2)c1. The van der Waals surface area contributed by atoms with Crippen molar-refractivity contribution in [3.05, 3.63) is 50.4 Å². The first kappa shape index (κ1) is 17.4. The lowest BCUT2D eigenvalue weighted by Crippen LogP contribution is -2.33. The van der Waals surface area contributed by atoms with Gasteiger partial charge in [0.1, 0.15) is 0 Å². The molecule has 2 aliphatic rings. The second-order valence-corrected chi connectivity index (χ2v) is 9.04. The molecule has 0 aliphatic carbocycles. The molecule has 4 heterocycles. The minimum absolute atomic E-state index is 0.814. The van der Waals surface area contributed by atoms with Crippen LogP contribution in [0.25, 0.3) is 5.57 Å². The van der Waals surface area contributed by atoms with Gasteiger partial charge < -0.3 is 0 Å². The molecule has 1 nitrogen and oxygen atoms in total. The van der Waals surface area contributed by atoms with Crippen LogP contribution in [0, 0.1) is 0 Å². The van der Waals surface area contributed by atoms with Gasteiger partial charge in [-0.2, -0.15) is 0 Å². The summed E-state index contributed by atoms with van der Waals surface area (Å²) in [5.41, 5.74) is 3.20. The molecule has 0 aromatic carbocycles. The van der Waals surface area contributed by atoms with Gasteiger partial charge in [-0.1, -0.05) is 41.4 Å². The summed E-state index contributed by atoms with van der Waals surface area (Å²) in [6.07, 6.45) is 5.48. The molecule has 4 heteroatoms. The van der Waals surface area contributed by atoms with Crippen molar-refractivity contribution in [1.29, 1.82) is 0 Å². The second kappa shape index (κ2) is 8.61. The van der Waals surface area contributed by atoms with Crippen molar-refractivity contribution < 1.29 is 0 Å². The van der Waals surface area contributed by atoms with E-state index in [9.17, 15) is 0 Å². The monoisotopic (exact) mass is 409 g/mol. The van der Waals surface area contributed by atoms with E-state index in [0.717, 1.165) is 11.4 Å². The predicted octanol–water partition coefficient (Wildman–Crippen LogP) is 6.27. The average Bonchev–Trinajstić information content (AvgIpc) is 3.31. The summed E-state index contributed by atoms with van der Waals surface area (Å²) in [6, 6.07) is 9.73. The minimum atomic E-state index is 0.814. The highest BCUT2D eigenvalue weighted by molar-refractivity contribution is 9.09. The quantitative estimate of drug-likeness (QED) is 0.528. The van der Waals surface area contributed by atoms with Gasteiger partial charge in [-0.05, 0) is 54.3 Å². The van der Waals surface area contributed by atoms with Crippen LogP contribution in [0.2, 0.25) is 0 Å². The number of halogens is 1. The molecular weight excluding hydrogens is 386 g/mol. The fourth-order valence-electron chi connectivity index (χ4n) is 3.59. The Hall–Kier alpha value is -0.420. The third kappa shape index (κ3) is 4.16. The lowest BCUT2D eigenvalue weighted by Gasteiger charge is -2.28. The van der Waals surface area contributed by atoms with Crippen molar-refractivity contribution in [2.45, 2.75) is 38.6 Å². The summed E-state index contributed by atoms with van der Waals surface area (Å²) in [5.74, 6) is 0. The molecule has 124 valence electrons. The molecule has 2 fully saturated rings. The van der Waals surface area contributed by atoms with Crippen LogP contribution < -0.4 is 0 Å². The van der Waals surface area contributed by atoms with Crippen LogP contribution >= 0.6 is 38.6 Å². The van der Waals surface area contributed by atoms with Gasteiger partial charge in [0.2, 0.25) is 0 Å². The Labute approximate surface area is 156 Å². The number of thiophene rings is 2. The van der Waals surface area contributed by atoms with Crippen LogP contribution in [0.15, 0.2) is 40.6 Å². The first-order chi connectivity index (χ1) is 11.3. The first-order valence-electron chi connectivity index (χ1n) is 8.43. The summed E-state index contributed by atoms with van der Waals surface area (Å²) in [4.78, 5) is 5.60. The Morgan fingerprint density at radius 2 is 1.83 bits per heavy atom. The lowest BCUT2D eigenvalue weighted by molar-refractivity contribution is 0.199. The molecule has 2 aliphatic heterocycles. The van der Waals surface area contributed by atoms with Crippen molar-refractivity contribution in [3.63, 3.8) is 0 Å². The molecule has 0 spiro atoms. The summed E-state index contributed by atoms with van der Waals surface area (Å²) in [5, 5.41) is 5.46. The molecule has 2 aromatic rings. The molecule has 4 rings (SSSR count). The fraction of sp³-hybridized carbons (Fsp3) is 0.474. The van der Waals surface area contributed by atoms with Crippen molar-refractivity contribution in [3.8, 4) is 0 Å². The number of fused-ring (bicyclic) bond motifs is 1. The van der Waals surface area contributed by atoms with E-state index in [4.69, 9.17) is 0 Å². The molecule has 0 saturated carbocycles. The fourth-order valence-corrected chi connectivity index (χ4v) is 5.32. The Bertz CT molecular complexity index is 564. The summed E-state index contributed by atoms with van der Waals surface area (Å²) in [6.45, 7) is 4.53. The average molecular weight is 410 g/mol. The van der Waals surface area contributed by atoms with Crippen LogP contribution in [-0.4, -0.2) is 29.4 Å². The second-order valence-electron chi connectivity index (χ2n) is 6.02. The van der Waals surface area contributed by atoms with Crippen molar-refractivity contribution in [2.24, 2.45) is 0 Å². The van der Waals surface area contributed by atoms with Crippen LogP contribution in [-0.2, 0) is 0 Å². The Morgan fingerprint density at radius 3 is 2.35 bits per heavy atom. The standard InChI is InChI=1S/C17H19NS2.C2H5Br/c1-2-8-18-12-13(11-14(18)5-1)17(15-6-3-9-19-15)16-7-4-10-20-16;1-2-3/h3-4,6-7,9-10,14H,1-2,5,8,11-12H2;2H2,1H3. The normalized spacial score (nSPS) is 20.8. The van der Waals surface area contributed by atoms with Crippen LogP contribution in [0.1, 0.15) is 42.4 Å². The van der Waals surface area contributed by atoms with Gasteiger partial charge in [-0.15, -0.1) is 22.7 Å². The van der Waals surface area contributed by atoms with Gasteiger partial charge in [0.15, 0.2) is 0 Å². The zero-order valence-corrected chi connectivity index (χ0v) is 16.9. The first-order valence-corrected chi connectivity index (χ1v) is 11.3. The maximum absolute atomic E-state index is 3.15. The maximum atomic E-state index is 3.15. The molecule has 0 amide bonds. The highest BCUT2D eigenvalue weighted by Gasteiger charge is 2.32. The molecule has 2 aromatic heterocycles. The number of alkyl halides is 1. The number of rotatable bonds is 2. The van der Waals surface area contributed by atoms with E-state index in [0.29, 0.717) is 0 Å². The molecule has 0 bridgehead atoms. The van der Waals surface area contributed by atoms with Gasteiger partial charge in [0.25, 0.3) is 0 Å². The molecule has 23 heavy (non-hydrogen) atoms. The molecule has 0 N–H and O–H groups in total. The molecule has 2 saturated heterocycles. The highest BCUT2D eigenvalue weighted by Crippen LogP contribution is 2.39. The van der Waals surface area contributed by atoms with Crippen molar-refractivity contribution in [1.82, 2.24) is 4.90 Å². The Kier molecular flexibility index (Phi) is 6.52. The van der Waals surface area contributed by atoms with E-state index in [-0.39, 0.29) is 0 Å². The minimum Gasteiger partial charge on any atom is -0.296 e. The summed E-state index contributed by atoms with van der Waals surface area (Å²) >= 11 is 6.91. The third-order valence-electron chi connectivity index (χ3n) is 4.51. The number of hydrogen-bond acceptors (Lipinski definition) is 3. The van der Waals surface area contributed by atoms with Crippen LogP contribution in [0.4, 0.5) is 0 Å². The predicted molar refractivity (Wildman–Crippen MR) is 108 cm³/mol. The zero-order valence-electron chi connectivity index (χ0n) is 13.6. The zero-order chi connectivity index (χ0) is 16.1. The Balaban J connectivity index is 0.000000485. The molecule has 1 unspecified atom stereocenters. The molecule has 0 radical (unpaired) electrons. The number of piperidine rings is 1. The van der Waals surface area contributed by atoms with Gasteiger partial charge in [0, 0.05) is 33.2 Å². The van der Waals surface area contributed by atoms with E-state index in [1.807, 2.05) is 29.6 Å².